The highest BCUT2D eigenvalue weighted by Gasteiger charge is 2.24. The third-order valence-electron chi connectivity index (χ3n) is 5.35. The van der Waals surface area contributed by atoms with Crippen molar-refractivity contribution in [3.05, 3.63) is 93.7 Å². The number of carbonyl (C=O) groups excluding carboxylic acids is 1. The van der Waals surface area contributed by atoms with Crippen LogP contribution in [0.15, 0.2) is 65.7 Å². The molecule has 0 spiro atoms. The summed E-state index contributed by atoms with van der Waals surface area (Å²) >= 11 is 0. The fourth-order valence-corrected chi connectivity index (χ4v) is 3.30. The summed E-state index contributed by atoms with van der Waals surface area (Å²) in [6.07, 6.45) is 3.43. The normalized spacial score (nSPS) is 12.1. The minimum Gasteiger partial charge on any atom is -0.333 e. The lowest BCUT2D eigenvalue weighted by atomic mass is 10.0. The summed E-state index contributed by atoms with van der Waals surface area (Å²) in [7, 11) is 1.71. The topological polar surface area (TPSA) is 55.2 Å². The van der Waals surface area contributed by atoms with Gasteiger partial charge in [-0.3, -0.25) is 19.1 Å². The summed E-state index contributed by atoms with van der Waals surface area (Å²) in [5.74, 6) is 0.0441. The van der Waals surface area contributed by atoms with Gasteiger partial charge in [0.25, 0.3) is 11.5 Å². The van der Waals surface area contributed by atoms with Crippen LogP contribution in [0.4, 0.5) is 0 Å². The van der Waals surface area contributed by atoms with Gasteiger partial charge < -0.3 is 4.90 Å². The summed E-state index contributed by atoms with van der Waals surface area (Å²) in [5, 5.41) is 0. The minimum atomic E-state index is -0.309. The van der Waals surface area contributed by atoms with Crippen molar-refractivity contribution >= 4 is 5.91 Å². The second-order valence-corrected chi connectivity index (χ2v) is 7.65. The molecular weight excluding hydrogens is 362 g/mol. The molecule has 0 fully saturated rings. The van der Waals surface area contributed by atoms with Crippen LogP contribution in [-0.2, 0) is 0 Å². The van der Waals surface area contributed by atoms with Gasteiger partial charge in [-0.1, -0.05) is 32.0 Å². The molecule has 0 bridgehead atoms. The molecule has 3 aromatic rings. The van der Waals surface area contributed by atoms with E-state index >= 15 is 0 Å². The van der Waals surface area contributed by atoms with Gasteiger partial charge in [0.1, 0.15) is 5.56 Å². The molecule has 150 valence electrons. The van der Waals surface area contributed by atoms with Crippen LogP contribution in [0.3, 0.4) is 0 Å². The van der Waals surface area contributed by atoms with Gasteiger partial charge in [-0.2, -0.15) is 0 Å². The standard InChI is InChI=1S/C24H27N3O2/c1-16(2)19-9-8-10-20(15-19)27-14-12-17(3)22(24(27)29)23(28)26(5)18(4)21-11-6-7-13-25-21/h6-16,18H,1-5H3. The van der Waals surface area contributed by atoms with Crippen molar-refractivity contribution in [2.45, 2.75) is 39.7 Å². The molecule has 2 heterocycles. The number of rotatable bonds is 5. The quantitative estimate of drug-likeness (QED) is 0.646. The summed E-state index contributed by atoms with van der Waals surface area (Å²) in [6.45, 7) is 7.92. The molecule has 1 aromatic carbocycles. The third-order valence-corrected chi connectivity index (χ3v) is 5.35. The summed E-state index contributed by atoms with van der Waals surface area (Å²) < 4.78 is 1.55. The number of pyridine rings is 2. The Bertz CT molecular complexity index is 1070. The van der Waals surface area contributed by atoms with Crippen LogP contribution >= 0.6 is 0 Å². The van der Waals surface area contributed by atoms with E-state index in [2.05, 4.69) is 18.8 Å². The van der Waals surface area contributed by atoms with Crippen molar-refractivity contribution in [2.75, 3.05) is 7.05 Å². The van der Waals surface area contributed by atoms with Crippen LogP contribution in [-0.4, -0.2) is 27.4 Å². The van der Waals surface area contributed by atoms with Gasteiger partial charge in [0.2, 0.25) is 0 Å². The van der Waals surface area contributed by atoms with Crippen LogP contribution in [0, 0.1) is 6.92 Å². The highest BCUT2D eigenvalue weighted by Crippen LogP contribution is 2.20. The fraction of sp³-hybridized carbons (Fsp3) is 0.292. The molecule has 0 N–H and O–H groups in total. The predicted molar refractivity (Wildman–Crippen MR) is 116 cm³/mol. The fourth-order valence-electron chi connectivity index (χ4n) is 3.30. The van der Waals surface area contributed by atoms with Crippen LogP contribution in [0.5, 0.6) is 0 Å². The maximum atomic E-state index is 13.3. The average molecular weight is 389 g/mol. The van der Waals surface area contributed by atoms with E-state index in [1.165, 1.54) is 0 Å². The molecule has 1 atom stereocenters. The van der Waals surface area contributed by atoms with E-state index in [9.17, 15) is 9.59 Å². The first-order chi connectivity index (χ1) is 13.8. The predicted octanol–water partition coefficient (Wildman–Crippen LogP) is 4.50. The van der Waals surface area contributed by atoms with Gasteiger partial charge in [0.15, 0.2) is 0 Å². The summed E-state index contributed by atoms with van der Waals surface area (Å²) in [4.78, 5) is 32.4. The Hall–Kier alpha value is -3.21. The zero-order valence-corrected chi connectivity index (χ0v) is 17.6. The number of aryl methyl sites for hydroxylation is 1. The lowest BCUT2D eigenvalue weighted by Crippen LogP contribution is -2.36. The van der Waals surface area contributed by atoms with Gasteiger partial charge in [-0.15, -0.1) is 0 Å². The monoisotopic (exact) mass is 389 g/mol. The molecule has 0 saturated carbocycles. The van der Waals surface area contributed by atoms with Crippen molar-refractivity contribution in [1.29, 1.82) is 0 Å². The average Bonchev–Trinajstić information content (AvgIpc) is 2.73. The molecule has 29 heavy (non-hydrogen) atoms. The Balaban J connectivity index is 2.02. The van der Waals surface area contributed by atoms with Crippen molar-refractivity contribution in [3.8, 4) is 5.69 Å². The molecule has 0 aliphatic rings. The van der Waals surface area contributed by atoms with Gasteiger partial charge in [-0.25, -0.2) is 0 Å². The number of benzene rings is 1. The number of amides is 1. The van der Waals surface area contributed by atoms with Crippen molar-refractivity contribution in [3.63, 3.8) is 0 Å². The SMILES string of the molecule is Cc1ccn(-c2cccc(C(C)C)c2)c(=O)c1C(=O)N(C)C(C)c1ccccn1. The Labute approximate surface area is 171 Å². The van der Waals surface area contributed by atoms with Crippen LogP contribution in [0.2, 0.25) is 0 Å². The maximum absolute atomic E-state index is 13.3. The van der Waals surface area contributed by atoms with Crippen LogP contribution < -0.4 is 5.56 Å². The molecule has 5 nitrogen and oxygen atoms in total. The van der Waals surface area contributed by atoms with Gasteiger partial charge >= 0.3 is 0 Å². The molecule has 0 radical (unpaired) electrons. The van der Waals surface area contributed by atoms with E-state index in [0.29, 0.717) is 11.5 Å². The van der Waals surface area contributed by atoms with Gasteiger partial charge in [0, 0.05) is 25.1 Å². The second kappa shape index (κ2) is 8.43. The molecule has 0 aliphatic carbocycles. The Morgan fingerprint density at radius 3 is 2.48 bits per heavy atom. The lowest BCUT2D eigenvalue weighted by molar-refractivity contribution is 0.0737. The summed E-state index contributed by atoms with van der Waals surface area (Å²) in [5.41, 5.74) is 3.22. The minimum absolute atomic E-state index is 0.188. The second-order valence-electron chi connectivity index (χ2n) is 7.65. The first-order valence-corrected chi connectivity index (χ1v) is 9.82. The summed E-state index contributed by atoms with van der Waals surface area (Å²) in [6, 6.07) is 15.0. The number of hydrogen-bond acceptors (Lipinski definition) is 3. The first kappa shape index (κ1) is 20.5. The molecular formula is C24H27N3O2. The van der Waals surface area contributed by atoms with E-state index in [1.54, 1.807) is 35.8 Å². The van der Waals surface area contributed by atoms with Gasteiger partial charge in [-0.05, 0) is 61.2 Å². The molecule has 2 aromatic heterocycles. The zero-order chi connectivity index (χ0) is 21.1. The Kier molecular flexibility index (Phi) is 5.97. The van der Waals surface area contributed by atoms with Gasteiger partial charge in [0.05, 0.1) is 11.7 Å². The smallest absolute Gasteiger partial charge is 0.268 e. The number of hydrogen-bond donors (Lipinski definition) is 0. The molecule has 3 rings (SSSR count). The Morgan fingerprint density at radius 1 is 1.07 bits per heavy atom. The molecule has 5 heteroatoms. The van der Waals surface area contributed by atoms with E-state index in [1.807, 2.05) is 55.5 Å². The van der Waals surface area contributed by atoms with E-state index in [-0.39, 0.29) is 23.1 Å². The van der Waals surface area contributed by atoms with E-state index in [4.69, 9.17) is 0 Å². The van der Waals surface area contributed by atoms with Crippen LogP contribution in [0.1, 0.15) is 59.9 Å². The zero-order valence-electron chi connectivity index (χ0n) is 17.6. The Morgan fingerprint density at radius 2 is 1.83 bits per heavy atom. The number of nitrogens with zero attached hydrogens (tertiary/aromatic N) is 3. The number of carbonyl (C=O) groups is 1. The maximum Gasteiger partial charge on any atom is 0.268 e. The number of aromatic nitrogens is 2. The highest BCUT2D eigenvalue weighted by atomic mass is 16.2. The lowest BCUT2D eigenvalue weighted by Gasteiger charge is -2.25. The molecule has 1 amide bonds. The highest BCUT2D eigenvalue weighted by molar-refractivity contribution is 5.95. The first-order valence-electron chi connectivity index (χ1n) is 9.82. The van der Waals surface area contributed by atoms with Crippen molar-refractivity contribution in [1.82, 2.24) is 14.5 Å². The van der Waals surface area contributed by atoms with Crippen molar-refractivity contribution in [2.24, 2.45) is 0 Å². The van der Waals surface area contributed by atoms with E-state index < -0.39 is 0 Å². The third kappa shape index (κ3) is 4.14. The largest absolute Gasteiger partial charge is 0.333 e. The molecule has 1 unspecified atom stereocenters. The van der Waals surface area contributed by atoms with Crippen LogP contribution in [0.25, 0.3) is 5.69 Å². The van der Waals surface area contributed by atoms with Crippen molar-refractivity contribution < 1.29 is 4.79 Å². The molecule has 0 saturated heterocycles. The van der Waals surface area contributed by atoms with E-state index in [0.717, 1.165) is 16.9 Å². The molecule has 0 aliphatic heterocycles.